The predicted octanol–water partition coefficient (Wildman–Crippen LogP) is 3.95. The van der Waals surface area contributed by atoms with Gasteiger partial charge >= 0.3 is 0 Å². The molecular formula is C18H22N2S. The van der Waals surface area contributed by atoms with E-state index in [1.165, 1.54) is 30.4 Å². The van der Waals surface area contributed by atoms with Crippen molar-refractivity contribution in [3.8, 4) is 0 Å². The Balaban J connectivity index is 1.65. The first-order valence-electron chi connectivity index (χ1n) is 7.97. The van der Waals surface area contributed by atoms with Crippen molar-refractivity contribution < 1.29 is 0 Å². The van der Waals surface area contributed by atoms with Crippen LogP contribution in [0.4, 0.5) is 0 Å². The molecule has 3 heteroatoms. The minimum Gasteiger partial charge on any atom is -0.313 e. The summed E-state index contributed by atoms with van der Waals surface area (Å²) in [6.07, 6.45) is 3.96. The van der Waals surface area contributed by atoms with Crippen LogP contribution < -0.4 is 5.32 Å². The molecule has 1 aliphatic heterocycles. The zero-order valence-electron chi connectivity index (χ0n) is 12.3. The lowest BCUT2D eigenvalue weighted by atomic mass is 9.97. The molecule has 0 amide bonds. The largest absolute Gasteiger partial charge is 0.313 e. The summed E-state index contributed by atoms with van der Waals surface area (Å²) < 4.78 is 0. The normalized spacial score (nSPS) is 22.0. The lowest BCUT2D eigenvalue weighted by molar-refractivity contribution is 0.170. The molecule has 1 aromatic carbocycles. The molecule has 4 rings (SSSR count). The Morgan fingerprint density at radius 3 is 2.86 bits per heavy atom. The van der Waals surface area contributed by atoms with E-state index in [2.05, 4.69) is 51.3 Å². The van der Waals surface area contributed by atoms with E-state index in [1.54, 1.807) is 5.56 Å². The fourth-order valence-corrected chi connectivity index (χ4v) is 4.14. The molecule has 0 spiro atoms. The number of hydrogen-bond donors (Lipinski definition) is 1. The van der Waals surface area contributed by atoms with Crippen LogP contribution in [0.3, 0.4) is 0 Å². The quantitative estimate of drug-likeness (QED) is 0.919. The lowest BCUT2D eigenvalue weighted by Gasteiger charge is -2.32. The predicted molar refractivity (Wildman–Crippen MR) is 88.4 cm³/mol. The van der Waals surface area contributed by atoms with Crippen molar-refractivity contribution in [1.82, 2.24) is 10.2 Å². The summed E-state index contributed by atoms with van der Waals surface area (Å²) in [6, 6.07) is 12.6. The summed E-state index contributed by atoms with van der Waals surface area (Å²) in [5.74, 6) is 0. The van der Waals surface area contributed by atoms with Crippen molar-refractivity contribution in [2.75, 3.05) is 6.54 Å². The lowest BCUT2D eigenvalue weighted by Crippen LogP contribution is -2.31. The highest BCUT2D eigenvalue weighted by Gasteiger charge is 2.35. The average Bonchev–Trinajstić information content (AvgIpc) is 3.27. The van der Waals surface area contributed by atoms with Crippen LogP contribution in [-0.4, -0.2) is 17.5 Å². The zero-order valence-corrected chi connectivity index (χ0v) is 13.1. The van der Waals surface area contributed by atoms with Gasteiger partial charge < -0.3 is 5.32 Å². The van der Waals surface area contributed by atoms with Crippen LogP contribution >= 0.6 is 11.3 Å². The third-order valence-electron chi connectivity index (χ3n) is 4.69. The van der Waals surface area contributed by atoms with Crippen molar-refractivity contribution in [2.24, 2.45) is 0 Å². The van der Waals surface area contributed by atoms with Gasteiger partial charge in [-0.2, -0.15) is 11.3 Å². The maximum absolute atomic E-state index is 3.58. The molecule has 2 aromatic rings. The fourth-order valence-electron chi connectivity index (χ4n) is 3.48. The Labute approximate surface area is 130 Å². The average molecular weight is 298 g/mol. The minimum atomic E-state index is 0.573. The highest BCUT2D eigenvalue weighted by molar-refractivity contribution is 7.07. The molecule has 0 bridgehead atoms. The van der Waals surface area contributed by atoms with Crippen LogP contribution in [0.5, 0.6) is 0 Å². The van der Waals surface area contributed by atoms with E-state index in [4.69, 9.17) is 0 Å². The standard InChI is InChI=1S/C18H22N2S/c1-2-4-17-15(3-1)11-19-9-7-18(17)20(16-5-6-16)12-14-8-10-21-13-14/h1-4,8,10,13,16,18-19H,5-7,9,11-12H2. The molecule has 2 heterocycles. The van der Waals surface area contributed by atoms with Crippen molar-refractivity contribution in [1.29, 1.82) is 0 Å². The molecule has 21 heavy (non-hydrogen) atoms. The Kier molecular flexibility index (Phi) is 3.80. The van der Waals surface area contributed by atoms with Gasteiger partial charge in [0.15, 0.2) is 0 Å². The zero-order chi connectivity index (χ0) is 14.1. The van der Waals surface area contributed by atoms with Gasteiger partial charge in [0.2, 0.25) is 0 Å². The van der Waals surface area contributed by atoms with Crippen molar-refractivity contribution >= 4 is 11.3 Å². The Morgan fingerprint density at radius 2 is 2.05 bits per heavy atom. The Morgan fingerprint density at radius 1 is 1.14 bits per heavy atom. The third-order valence-corrected chi connectivity index (χ3v) is 5.42. The second-order valence-corrected chi connectivity index (χ2v) is 7.00. The van der Waals surface area contributed by atoms with Crippen LogP contribution in [0.2, 0.25) is 0 Å². The van der Waals surface area contributed by atoms with E-state index in [9.17, 15) is 0 Å². The van der Waals surface area contributed by atoms with E-state index in [0.29, 0.717) is 6.04 Å². The molecule has 0 saturated heterocycles. The second kappa shape index (κ2) is 5.91. The van der Waals surface area contributed by atoms with Crippen LogP contribution in [-0.2, 0) is 13.1 Å². The first-order chi connectivity index (χ1) is 10.4. The van der Waals surface area contributed by atoms with Gasteiger partial charge in [-0.05, 0) is 59.3 Å². The number of rotatable bonds is 4. The molecule has 0 radical (unpaired) electrons. The van der Waals surface area contributed by atoms with Crippen molar-refractivity contribution in [3.05, 3.63) is 57.8 Å². The molecule has 110 valence electrons. The summed E-state index contributed by atoms with van der Waals surface area (Å²) in [5, 5.41) is 8.08. The van der Waals surface area contributed by atoms with Gasteiger partial charge in [0.25, 0.3) is 0 Å². The van der Waals surface area contributed by atoms with Crippen LogP contribution in [0.1, 0.15) is 42.0 Å². The monoisotopic (exact) mass is 298 g/mol. The Bertz CT molecular complexity index is 589. The summed E-state index contributed by atoms with van der Waals surface area (Å²) >= 11 is 1.81. The van der Waals surface area contributed by atoms with Crippen LogP contribution in [0.15, 0.2) is 41.1 Å². The maximum Gasteiger partial charge on any atom is 0.0369 e. The first kappa shape index (κ1) is 13.5. The number of thiophene rings is 1. The Hall–Kier alpha value is -1.16. The summed E-state index contributed by atoms with van der Waals surface area (Å²) in [7, 11) is 0. The summed E-state index contributed by atoms with van der Waals surface area (Å²) in [4.78, 5) is 2.76. The molecule has 1 aromatic heterocycles. The fraction of sp³-hybridized carbons (Fsp3) is 0.444. The number of fused-ring (bicyclic) bond motifs is 1. The third kappa shape index (κ3) is 2.91. The molecule has 2 nitrogen and oxygen atoms in total. The smallest absolute Gasteiger partial charge is 0.0369 e. The number of nitrogens with one attached hydrogen (secondary N) is 1. The van der Waals surface area contributed by atoms with Gasteiger partial charge in [0, 0.05) is 25.2 Å². The number of hydrogen-bond acceptors (Lipinski definition) is 3. The number of benzene rings is 1. The molecular weight excluding hydrogens is 276 g/mol. The molecule has 2 aliphatic rings. The van der Waals surface area contributed by atoms with E-state index >= 15 is 0 Å². The van der Waals surface area contributed by atoms with Crippen LogP contribution in [0, 0.1) is 0 Å². The molecule has 1 fully saturated rings. The van der Waals surface area contributed by atoms with Gasteiger partial charge in [-0.3, -0.25) is 4.90 Å². The first-order valence-corrected chi connectivity index (χ1v) is 8.91. The van der Waals surface area contributed by atoms with Crippen molar-refractivity contribution in [2.45, 2.75) is 44.4 Å². The van der Waals surface area contributed by atoms with E-state index < -0.39 is 0 Å². The van der Waals surface area contributed by atoms with Gasteiger partial charge in [0.05, 0.1) is 0 Å². The number of nitrogens with zero attached hydrogens (tertiary/aromatic N) is 1. The maximum atomic E-state index is 3.58. The SMILES string of the molecule is c1ccc2c(c1)CNCCC2N(Cc1ccsc1)C1CC1. The molecule has 1 saturated carbocycles. The minimum absolute atomic E-state index is 0.573. The topological polar surface area (TPSA) is 15.3 Å². The summed E-state index contributed by atoms with van der Waals surface area (Å²) in [6.45, 7) is 3.24. The molecule has 1 aliphatic carbocycles. The van der Waals surface area contributed by atoms with Gasteiger partial charge in [-0.25, -0.2) is 0 Å². The molecule has 1 unspecified atom stereocenters. The van der Waals surface area contributed by atoms with E-state index in [0.717, 1.165) is 25.7 Å². The second-order valence-electron chi connectivity index (χ2n) is 6.22. The van der Waals surface area contributed by atoms with Crippen LogP contribution in [0.25, 0.3) is 0 Å². The molecule has 1 atom stereocenters. The van der Waals surface area contributed by atoms with Gasteiger partial charge in [-0.1, -0.05) is 24.3 Å². The highest BCUT2D eigenvalue weighted by atomic mass is 32.1. The highest BCUT2D eigenvalue weighted by Crippen LogP contribution is 2.39. The van der Waals surface area contributed by atoms with E-state index in [-0.39, 0.29) is 0 Å². The molecule has 1 N–H and O–H groups in total. The van der Waals surface area contributed by atoms with Gasteiger partial charge in [-0.15, -0.1) is 0 Å². The van der Waals surface area contributed by atoms with Crippen molar-refractivity contribution in [3.63, 3.8) is 0 Å². The summed E-state index contributed by atoms with van der Waals surface area (Å²) in [5.41, 5.74) is 4.50. The van der Waals surface area contributed by atoms with Gasteiger partial charge in [0.1, 0.15) is 0 Å². The van der Waals surface area contributed by atoms with E-state index in [1.807, 2.05) is 11.3 Å².